The molecule has 0 aliphatic heterocycles. The molecule has 0 unspecified atom stereocenters. The Morgan fingerprint density at radius 3 is 1.95 bits per heavy atom. The summed E-state index contributed by atoms with van der Waals surface area (Å²) < 4.78 is 90.2. The van der Waals surface area contributed by atoms with Gasteiger partial charge in [-0.3, -0.25) is 14.4 Å². The third-order valence-electron chi connectivity index (χ3n) is 4.40. The molecule has 1 aromatic heterocycles. The number of benzene rings is 2. The van der Waals surface area contributed by atoms with E-state index < -0.39 is 47.6 Å². The van der Waals surface area contributed by atoms with Crippen molar-refractivity contribution in [3.63, 3.8) is 0 Å². The minimum atomic E-state index is -4.78. The minimum absolute atomic E-state index is 0.0834. The summed E-state index contributed by atoms with van der Waals surface area (Å²) in [6.45, 7) is -0.777. The topological polar surface area (TPSA) is 277 Å². The van der Waals surface area contributed by atoms with E-state index in [2.05, 4.69) is 35.1 Å². The Balaban J connectivity index is 1.80. The van der Waals surface area contributed by atoms with Crippen LogP contribution in [0.15, 0.2) is 52.3 Å². The van der Waals surface area contributed by atoms with Crippen molar-refractivity contribution in [2.75, 3.05) is 34.0 Å². The first-order chi connectivity index (χ1) is 17.7. The molecule has 202 valence electrons. The van der Waals surface area contributed by atoms with Crippen LogP contribution in [0.1, 0.15) is 0 Å². The normalized spacial score (nSPS) is 11.9. The van der Waals surface area contributed by atoms with Gasteiger partial charge in [0.2, 0.25) is 17.8 Å². The largest absolute Gasteiger partial charge is 0.398 e. The highest BCUT2D eigenvalue weighted by atomic mass is 32.3. The van der Waals surface area contributed by atoms with E-state index in [1.165, 1.54) is 36.4 Å². The second-order valence-electron chi connectivity index (χ2n) is 7.11. The average Bonchev–Trinajstić information content (AvgIpc) is 2.78. The van der Waals surface area contributed by atoms with Crippen molar-refractivity contribution in [3.05, 3.63) is 42.5 Å². The minimum Gasteiger partial charge on any atom is -0.398 e. The lowest BCUT2D eigenvalue weighted by Gasteiger charge is -2.11. The molecular weight excluding hydrogens is 568 g/mol. The molecule has 0 amide bonds. The van der Waals surface area contributed by atoms with Gasteiger partial charge in [-0.15, -0.1) is 0 Å². The van der Waals surface area contributed by atoms with Gasteiger partial charge in [-0.25, -0.2) is 12.6 Å². The summed E-state index contributed by atoms with van der Waals surface area (Å²) in [6, 6.07) is 8.72. The number of nitrogens with one attached hydrogen (secondary N) is 3. The van der Waals surface area contributed by atoms with Crippen LogP contribution in [0.2, 0.25) is 0 Å². The van der Waals surface area contributed by atoms with Crippen molar-refractivity contribution in [1.29, 1.82) is 5.26 Å². The molecule has 2 aromatic carbocycles. The lowest BCUT2D eigenvalue weighted by atomic mass is 10.3. The summed E-state index contributed by atoms with van der Waals surface area (Å²) in [6.07, 6.45) is 1.65. The summed E-state index contributed by atoms with van der Waals surface area (Å²) >= 11 is 0. The van der Waals surface area contributed by atoms with Gasteiger partial charge >= 0.3 is 10.4 Å². The van der Waals surface area contributed by atoms with Gasteiger partial charge in [0, 0.05) is 11.4 Å². The van der Waals surface area contributed by atoms with Crippen molar-refractivity contribution in [2.24, 2.45) is 0 Å². The van der Waals surface area contributed by atoms with Crippen LogP contribution in [0.3, 0.4) is 0 Å². The maximum absolute atomic E-state index is 12.3. The smallest absolute Gasteiger partial charge is 0.397 e. The molecule has 0 radical (unpaired) electrons. The van der Waals surface area contributed by atoms with E-state index in [-0.39, 0.29) is 34.1 Å². The van der Waals surface area contributed by atoms with Crippen LogP contribution in [0, 0.1) is 11.5 Å². The van der Waals surface area contributed by atoms with Crippen LogP contribution in [0.4, 0.5) is 34.9 Å². The second kappa shape index (κ2) is 11.1. The van der Waals surface area contributed by atoms with Crippen LogP contribution >= 0.6 is 0 Å². The van der Waals surface area contributed by atoms with E-state index in [0.29, 0.717) is 5.69 Å². The van der Waals surface area contributed by atoms with E-state index in [9.17, 15) is 29.8 Å². The first-order valence-electron chi connectivity index (χ1n) is 9.93. The predicted molar refractivity (Wildman–Crippen MR) is 132 cm³/mol. The lowest BCUT2D eigenvalue weighted by molar-refractivity contribution is 0.284. The summed E-state index contributed by atoms with van der Waals surface area (Å²) in [7, 11) is -13.2. The van der Waals surface area contributed by atoms with Gasteiger partial charge < -0.3 is 16.4 Å². The van der Waals surface area contributed by atoms with E-state index in [0.717, 1.165) is 6.07 Å². The number of hydrogen-bond acceptors (Lipinski definition) is 15. The molecule has 17 nitrogen and oxygen atoms in total. The zero-order valence-corrected chi connectivity index (χ0v) is 21.2. The molecule has 0 spiro atoms. The Bertz CT molecular complexity index is 1710. The number of anilines is 6. The summed E-state index contributed by atoms with van der Waals surface area (Å²) in [4.78, 5) is 11.5. The monoisotopic (exact) mass is 586 g/mol. The number of aromatic nitrogens is 3. The maximum atomic E-state index is 12.3. The highest BCUT2D eigenvalue weighted by molar-refractivity contribution is 7.91. The SMILES string of the molecule is N#CNc1nc(Nc2ccc(S(=O)(=O)CCOS(=O)(=O)O)cc2)nc(Nc2ccc(S(=O)(=O)O)c(N)c2)n1. The van der Waals surface area contributed by atoms with Gasteiger partial charge in [-0.1, -0.05) is 0 Å². The summed E-state index contributed by atoms with van der Waals surface area (Å²) in [5, 5.41) is 16.7. The Morgan fingerprint density at radius 1 is 0.868 bits per heavy atom. The highest BCUT2D eigenvalue weighted by Gasteiger charge is 2.17. The average molecular weight is 587 g/mol. The Kier molecular flexibility index (Phi) is 8.30. The van der Waals surface area contributed by atoms with Gasteiger partial charge in [0.25, 0.3) is 10.1 Å². The third kappa shape index (κ3) is 7.93. The quantitative estimate of drug-likeness (QED) is 0.0779. The Morgan fingerprint density at radius 2 is 1.42 bits per heavy atom. The van der Waals surface area contributed by atoms with Crippen LogP contribution in [-0.4, -0.2) is 61.7 Å². The summed E-state index contributed by atoms with van der Waals surface area (Å²) in [5.74, 6) is -1.06. The van der Waals surface area contributed by atoms with Gasteiger partial charge in [0.15, 0.2) is 16.0 Å². The molecule has 0 aliphatic rings. The zero-order valence-electron chi connectivity index (χ0n) is 18.8. The van der Waals surface area contributed by atoms with Gasteiger partial charge in [0.1, 0.15) is 4.90 Å². The van der Waals surface area contributed by atoms with Crippen molar-refractivity contribution < 1.29 is 38.5 Å². The Labute approximate surface area is 216 Å². The molecule has 0 fully saturated rings. The van der Waals surface area contributed by atoms with E-state index in [1.54, 1.807) is 6.19 Å². The van der Waals surface area contributed by atoms with E-state index in [1.807, 2.05) is 0 Å². The van der Waals surface area contributed by atoms with Crippen molar-refractivity contribution in [2.45, 2.75) is 9.79 Å². The number of rotatable bonds is 11. The maximum Gasteiger partial charge on any atom is 0.397 e. The highest BCUT2D eigenvalue weighted by Crippen LogP contribution is 2.25. The number of nitrogens with zero attached hydrogens (tertiary/aromatic N) is 4. The lowest BCUT2D eigenvalue weighted by Crippen LogP contribution is -2.15. The fourth-order valence-electron chi connectivity index (χ4n) is 2.83. The van der Waals surface area contributed by atoms with Crippen LogP contribution in [0.5, 0.6) is 0 Å². The fraction of sp³-hybridized carbons (Fsp3) is 0.111. The third-order valence-corrected chi connectivity index (χ3v) is 7.49. The van der Waals surface area contributed by atoms with Crippen molar-refractivity contribution in [1.82, 2.24) is 15.0 Å². The molecule has 0 atom stereocenters. The van der Waals surface area contributed by atoms with Crippen LogP contribution < -0.4 is 21.7 Å². The number of hydrogen-bond donors (Lipinski definition) is 6. The molecule has 0 bridgehead atoms. The van der Waals surface area contributed by atoms with E-state index >= 15 is 0 Å². The van der Waals surface area contributed by atoms with Gasteiger partial charge in [-0.05, 0) is 42.5 Å². The number of sulfone groups is 1. The standard InChI is InChI=1S/C18H18N8O9S3/c19-10-21-16-24-17(26-18(25-16)23-12-3-6-15(14(20)9-12)37(29,30)31)22-11-1-4-13(5-2-11)36(27,28)8-7-35-38(32,33)34/h1-6,9H,7-8,20H2,(H,29,30,31)(H,32,33,34)(H3,21,22,23,24,25,26). The van der Waals surface area contributed by atoms with E-state index in [4.69, 9.17) is 15.5 Å². The van der Waals surface area contributed by atoms with Crippen molar-refractivity contribution in [3.8, 4) is 6.19 Å². The van der Waals surface area contributed by atoms with Crippen LogP contribution in [-0.2, 0) is 34.5 Å². The molecule has 3 aromatic rings. The number of nitrogen functional groups attached to an aromatic ring is 1. The zero-order chi connectivity index (χ0) is 28.1. The van der Waals surface area contributed by atoms with Gasteiger partial charge in [0.05, 0.1) is 22.9 Å². The Hall–Kier alpha value is -4.13. The second-order valence-corrected chi connectivity index (χ2v) is 11.7. The predicted octanol–water partition coefficient (Wildman–Crippen LogP) is 0.674. The molecular formula is C18H18N8O9S3. The first-order valence-corrected chi connectivity index (χ1v) is 14.4. The summed E-state index contributed by atoms with van der Waals surface area (Å²) in [5.41, 5.74) is 5.98. The molecule has 20 heteroatoms. The molecule has 38 heavy (non-hydrogen) atoms. The molecule has 0 saturated heterocycles. The molecule has 1 heterocycles. The molecule has 3 rings (SSSR count). The fourth-order valence-corrected chi connectivity index (χ4v) is 4.91. The van der Waals surface area contributed by atoms with Crippen LogP contribution in [0.25, 0.3) is 0 Å². The molecule has 0 saturated carbocycles. The van der Waals surface area contributed by atoms with Gasteiger partial charge in [-0.2, -0.15) is 37.0 Å². The molecule has 7 N–H and O–H groups in total. The number of nitriles is 1. The number of nitrogens with two attached hydrogens (primary N) is 1. The molecule has 0 aliphatic carbocycles. The van der Waals surface area contributed by atoms with Crippen molar-refractivity contribution >= 4 is 65.3 Å². The first kappa shape index (κ1) is 28.4.